The molecular weight excluding hydrogens is 304 g/mol. The highest BCUT2D eigenvalue weighted by atomic mass is 16.6. The number of ether oxygens (including phenoxy) is 2. The van der Waals surface area contributed by atoms with E-state index in [2.05, 4.69) is 20.8 Å². The lowest BCUT2D eigenvalue weighted by atomic mass is 9.72. The molecule has 0 aromatic heterocycles. The molecule has 140 valence electrons. The van der Waals surface area contributed by atoms with Crippen molar-refractivity contribution in [1.82, 2.24) is 0 Å². The Hall–Kier alpha value is -1.06. The van der Waals surface area contributed by atoms with Gasteiger partial charge in [0.1, 0.15) is 12.2 Å². The van der Waals surface area contributed by atoms with E-state index in [9.17, 15) is 9.59 Å². The fraction of sp³-hybridized carbons (Fsp3) is 0.900. The summed E-state index contributed by atoms with van der Waals surface area (Å²) in [6.07, 6.45) is 5.06. The molecule has 0 bridgehead atoms. The Balaban J connectivity index is 2.26. The topological polar surface area (TPSA) is 52.6 Å². The molecule has 1 fully saturated rings. The molecule has 0 spiro atoms. The van der Waals surface area contributed by atoms with Gasteiger partial charge in [-0.2, -0.15) is 0 Å². The van der Waals surface area contributed by atoms with E-state index in [1.807, 2.05) is 20.8 Å². The van der Waals surface area contributed by atoms with Gasteiger partial charge in [0, 0.05) is 0 Å². The summed E-state index contributed by atoms with van der Waals surface area (Å²) in [5, 5.41) is 0. The average molecular weight is 341 g/mol. The van der Waals surface area contributed by atoms with Gasteiger partial charge in [-0.05, 0) is 49.4 Å². The van der Waals surface area contributed by atoms with E-state index < -0.39 is 0 Å². The second-order valence-electron chi connectivity index (χ2n) is 8.51. The monoisotopic (exact) mass is 340 g/mol. The van der Waals surface area contributed by atoms with Crippen molar-refractivity contribution in [3.05, 3.63) is 0 Å². The zero-order valence-corrected chi connectivity index (χ0v) is 16.4. The highest BCUT2D eigenvalue weighted by Gasteiger charge is 2.31. The van der Waals surface area contributed by atoms with Crippen LogP contribution < -0.4 is 0 Å². The highest BCUT2D eigenvalue weighted by Crippen LogP contribution is 2.38. The molecule has 4 heteroatoms. The molecule has 0 aliphatic heterocycles. The minimum Gasteiger partial charge on any atom is -0.462 e. The van der Waals surface area contributed by atoms with Crippen LogP contribution in [0.3, 0.4) is 0 Å². The van der Waals surface area contributed by atoms with Gasteiger partial charge in [-0.25, -0.2) is 0 Å². The number of carbonyl (C=O) groups excluding carboxylic acids is 2. The second kappa shape index (κ2) is 9.43. The first-order chi connectivity index (χ1) is 11.1. The van der Waals surface area contributed by atoms with E-state index >= 15 is 0 Å². The molecule has 0 radical (unpaired) electrons. The molecule has 1 atom stereocenters. The molecule has 0 aromatic carbocycles. The SMILES string of the molecule is CCC(OC(=O)CCC(=O)OC1CCC(C(C)(C)C)CC1)C(C)C. The molecule has 4 nitrogen and oxygen atoms in total. The molecule has 0 saturated heterocycles. The molecule has 0 amide bonds. The highest BCUT2D eigenvalue weighted by molar-refractivity contribution is 5.77. The third-order valence-corrected chi connectivity index (χ3v) is 5.16. The molecule has 0 N–H and O–H groups in total. The van der Waals surface area contributed by atoms with Gasteiger partial charge in [-0.1, -0.05) is 41.5 Å². The lowest BCUT2D eigenvalue weighted by Gasteiger charge is -2.36. The summed E-state index contributed by atoms with van der Waals surface area (Å²) in [6, 6.07) is 0. The number of rotatable bonds is 7. The Morgan fingerprint density at radius 3 is 2.00 bits per heavy atom. The van der Waals surface area contributed by atoms with Gasteiger partial charge < -0.3 is 9.47 Å². The fourth-order valence-corrected chi connectivity index (χ4v) is 3.41. The van der Waals surface area contributed by atoms with Crippen LogP contribution in [0.25, 0.3) is 0 Å². The van der Waals surface area contributed by atoms with E-state index in [1.165, 1.54) is 0 Å². The Labute approximate surface area is 147 Å². The normalized spacial score (nSPS) is 23.0. The summed E-state index contributed by atoms with van der Waals surface area (Å²) in [4.78, 5) is 23.8. The van der Waals surface area contributed by atoms with Crippen molar-refractivity contribution in [3.63, 3.8) is 0 Å². The summed E-state index contributed by atoms with van der Waals surface area (Å²) >= 11 is 0. The van der Waals surface area contributed by atoms with Gasteiger partial charge in [-0.15, -0.1) is 0 Å². The molecule has 1 saturated carbocycles. The Morgan fingerprint density at radius 1 is 1.00 bits per heavy atom. The molecule has 1 rings (SSSR count). The Morgan fingerprint density at radius 2 is 1.54 bits per heavy atom. The lowest BCUT2D eigenvalue weighted by molar-refractivity contribution is -0.158. The number of hydrogen-bond donors (Lipinski definition) is 0. The van der Waals surface area contributed by atoms with E-state index in [-0.39, 0.29) is 37.0 Å². The summed E-state index contributed by atoms with van der Waals surface area (Å²) in [5.74, 6) is 0.418. The Bertz CT molecular complexity index is 400. The maximum atomic E-state index is 12.0. The average Bonchev–Trinajstić information content (AvgIpc) is 2.50. The predicted molar refractivity (Wildman–Crippen MR) is 95.5 cm³/mol. The number of carbonyl (C=O) groups is 2. The molecule has 1 unspecified atom stereocenters. The van der Waals surface area contributed by atoms with Crippen molar-refractivity contribution in [2.75, 3.05) is 0 Å². The Kier molecular flexibility index (Phi) is 8.24. The maximum Gasteiger partial charge on any atom is 0.306 e. The smallest absolute Gasteiger partial charge is 0.306 e. The first kappa shape index (κ1) is 21.0. The van der Waals surface area contributed by atoms with Crippen LogP contribution in [0.5, 0.6) is 0 Å². The molecule has 0 heterocycles. The zero-order valence-electron chi connectivity index (χ0n) is 16.4. The van der Waals surface area contributed by atoms with E-state index in [1.54, 1.807) is 0 Å². The van der Waals surface area contributed by atoms with Crippen LogP contribution in [0, 0.1) is 17.3 Å². The largest absolute Gasteiger partial charge is 0.462 e. The minimum atomic E-state index is -0.302. The van der Waals surface area contributed by atoms with Crippen LogP contribution in [0.15, 0.2) is 0 Å². The summed E-state index contributed by atoms with van der Waals surface area (Å²) in [6.45, 7) is 12.9. The van der Waals surface area contributed by atoms with Crippen molar-refractivity contribution in [1.29, 1.82) is 0 Å². The predicted octanol–water partition coefficient (Wildman–Crippen LogP) is 4.89. The summed E-state index contributed by atoms with van der Waals surface area (Å²) in [7, 11) is 0. The number of esters is 2. The van der Waals surface area contributed by atoms with Gasteiger partial charge in [0.05, 0.1) is 12.8 Å². The third kappa shape index (κ3) is 7.23. The van der Waals surface area contributed by atoms with Crippen molar-refractivity contribution in [2.24, 2.45) is 17.3 Å². The minimum absolute atomic E-state index is 0.0196. The van der Waals surface area contributed by atoms with Crippen LogP contribution in [0.1, 0.15) is 86.5 Å². The van der Waals surface area contributed by atoms with Crippen LogP contribution in [-0.4, -0.2) is 24.1 Å². The van der Waals surface area contributed by atoms with E-state index in [0.29, 0.717) is 17.3 Å². The maximum absolute atomic E-state index is 12.0. The van der Waals surface area contributed by atoms with Gasteiger partial charge in [0.2, 0.25) is 0 Å². The first-order valence-corrected chi connectivity index (χ1v) is 9.52. The van der Waals surface area contributed by atoms with Crippen LogP contribution >= 0.6 is 0 Å². The van der Waals surface area contributed by atoms with Crippen LogP contribution in [0.4, 0.5) is 0 Å². The second-order valence-corrected chi connectivity index (χ2v) is 8.51. The quantitative estimate of drug-likeness (QED) is 0.619. The van der Waals surface area contributed by atoms with Crippen molar-refractivity contribution < 1.29 is 19.1 Å². The lowest BCUT2D eigenvalue weighted by Crippen LogP contribution is -2.30. The molecular formula is C20H36O4. The summed E-state index contributed by atoms with van der Waals surface area (Å²) in [5.41, 5.74) is 0.324. The van der Waals surface area contributed by atoms with Gasteiger partial charge in [0.25, 0.3) is 0 Å². The standard InChI is InChI=1S/C20H36O4/c1-7-17(14(2)3)24-19(22)13-12-18(21)23-16-10-8-15(9-11-16)20(4,5)6/h14-17H,7-13H2,1-6H3. The molecule has 1 aliphatic carbocycles. The van der Waals surface area contributed by atoms with Gasteiger partial charge >= 0.3 is 11.9 Å². The van der Waals surface area contributed by atoms with E-state index in [4.69, 9.17) is 9.47 Å². The van der Waals surface area contributed by atoms with Gasteiger partial charge in [-0.3, -0.25) is 9.59 Å². The number of hydrogen-bond acceptors (Lipinski definition) is 4. The third-order valence-electron chi connectivity index (χ3n) is 5.16. The van der Waals surface area contributed by atoms with Crippen molar-refractivity contribution in [2.45, 2.75) is 98.7 Å². The van der Waals surface area contributed by atoms with Crippen molar-refractivity contribution in [3.8, 4) is 0 Å². The van der Waals surface area contributed by atoms with E-state index in [0.717, 1.165) is 32.1 Å². The zero-order chi connectivity index (χ0) is 18.3. The molecule has 0 aromatic rings. The molecule has 24 heavy (non-hydrogen) atoms. The van der Waals surface area contributed by atoms with Crippen LogP contribution in [0.2, 0.25) is 0 Å². The first-order valence-electron chi connectivity index (χ1n) is 9.52. The van der Waals surface area contributed by atoms with Crippen LogP contribution in [-0.2, 0) is 19.1 Å². The molecule has 1 aliphatic rings. The summed E-state index contributed by atoms with van der Waals surface area (Å²) < 4.78 is 10.9. The van der Waals surface area contributed by atoms with Crippen molar-refractivity contribution >= 4 is 11.9 Å². The fourth-order valence-electron chi connectivity index (χ4n) is 3.41. The van der Waals surface area contributed by atoms with Gasteiger partial charge in [0.15, 0.2) is 0 Å².